The summed E-state index contributed by atoms with van der Waals surface area (Å²) in [6.45, 7) is 1.02. The minimum Gasteiger partial charge on any atom is -0.310 e. The van der Waals surface area contributed by atoms with Crippen molar-refractivity contribution in [2.75, 3.05) is 6.54 Å². The summed E-state index contributed by atoms with van der Waals surface area (Å²) in [7, 11) is 0. The molecule has 1 aliphatic heterocycles. The number of benzene rings is 1. The van der Waals surface area contributed by atoms with Crippen LogP contribution in [0.5, 0.6) is 0 Å². The van der Waals surface area contributed by atoms with Crippen molar-refractivity contribution in [2.45, 2.75) is 18.9 Å². The number of nitrogens with one attached hydrogen (secondary N) is 1. The zero-order valence-corrected chi connectivity index (χ0v) is 9.44. The van der Waals surface area contributed by atoms with Gasteiger partial charge in [-0.2, -0.15) is 5.10 Å². The lowest BCUT2D eigenvalue weighted by molar-refractivity contribution is 0.594. The van der Waals surface area contributed by atoms with Crippen LogP contribution in [0.25, 0.3) is 5.69 Å². The van der Waals surface area contributed by atoms with Crippen molar-refractivity contribution in [2.24, 2.45) is 0 Å². The molecule has 4 heteroatoms. The van der Waals surface area contributed by atoms with E-state index in [4.69, 9.17) is 0 Å². The monoisotopic (exact) mass is 231 g/mol. The van der Waals surface area contributed by atoms with Crippen molar-refractivity contribution in [1.29, 1.82) is 0 Å². The predicted molar refractivity (Wildman–Crippen MR) is 63.5 cm³/mol. The van der Waals surface area contributed by atoms with Gasteiger partial charge in [-0.15, -0.1) is 0 Å². The molecule has 1 aromatic carbocycles. The molecule has 1 atom stereocenters. The normalized spacial score (nSPS) is 19.7. The Hall–Kier alpha value is -1.68. The number of aromatic nitrogens is 2. The summed E-state index contributed by atoms with van der Waals surface area (Å²) in [5, 5.41) is 7.40. The van der Waals surface area contributed by atoms with Crippen LogP contribution in [0.2, 0.25) is 0 Å². The van der Waals surface area contributed by atoms with E-state index in [1.807, 2.05) is 6.07 Å². The molecule has 1 fully saturated rings. The molecule has 0 radical (unpaired) electrons. The number of rotatable bonds is 2. The van der Waals surface area contributed by atoms with Crippen molar-refractivity contribution in [3.05, 3.63) is 48.0 Å². The molecule has 1 aromatic heterocycles. The van der Waals surface area contributed by atoms with Crippen LogP contribution in [0, 0.1) is 5.82 Å². The number of hydrogen-bond acceptors (Lipinski definition) is 2. The van der Waals surface area contributed by atoms with E-state index in [1.54, 1.807) is 35.3 Å². The van der Waals surface area contributed by atoms with Crippen molar-refractivity contribution in [1.82, 2.24) is 15.1 Å². The number of nitrogens with zero attached hydrogens (tertiary/aromatic N) is 2. The first kappa shape index (κ1) is 10.5. The molecule has 1 aliphatic rings. The largest absolute Gasteiger partial charge is 0.310 e. The first-order chi connectivity index (χ1) is 8.34. The van der Waals surface area contributed by atoms with Crippen LogP contribution in [0.1, 0.15) is 24.4 Å². The molecule has 17 heavy (non-hydrogen) atoms. The third kappa shape index (κ3) is 1.96. The third-order valence-corrected chi connectivity index (χ3v) is 3.19. The maximum absolute atomic E-state index is 14.0. The second kappa shape index (κ2) is 4.30. The summed E-state index contributed by atoms with van der Waals surface area (Å²) < 4.78 is 15.5. The smallest absolute Gasteiger partial charge is 0.149 e. The SMILES string of the molecule is Fc1cc(C2CCCN2)ccc1-n1cccn1. The average Bonchev–Trinajstić information content (AvgIpc) is 3.02. The summed E-state index contributed by atoms with van der Waals surface area (Å²) in [4.78, 5) is 0. The van der Waals surface area contributed by atoms with Crippen molar-refractivity contribution in [3.63, 3.8) is 0 Å². The summed E-state index contributed by atoms with van der Waals surface area (Å²) in [6.07, 6.45) is 5.63. The molecule has 0 bridgehead atoms. The zero-order chi connectivity index (χ0) is 11.7. The molecule has 1 unspecified atom stereocenters. The molecule has 1 N–H and O–H groups in total. The van der Waals surface area contributed by atoms with Crippen LogP contribution < -0.4 is 5.32 Å². The van der Waals surface area contributed by atoms with Gasteiger partial charge in [0, 0.05) is 18.4 Å². The Balaban J connectivity index is 1.94. The van der Waals surface area contributed by atoms with Gasteiger partial charge in [0.2, 0.25) is 0 Å². The average molecular weight is 231 g/mol. The molecule has 0 amide bonds. The van der Waals surface area contributed by atoms with E-state index in [2.05, 4.69) is 10.4 Å². The van der Waals surface area contributed by atoms with E-state index in [1.165, 1.54) is 0 Å². The fourth-order valence-electron chi connectivity index (χ4n) is 2.31. The summed E-state index contributed by atoms with van der Waals surface area (Å²) in [5.41, 5.74) is 1.52. The van der Waals surface area contributed by atoms with E-state index >= 15 is 0 Å². The van der Waals surface area contributed by atoms with E-state index in [0.29, 0.717) is 11.7 Å². The van der Waals surface area contributed by atoms with Gasteiger partial charge in [0.05, 0.1) is 0 Å². The van der Waals surface area contributed by atoms with E-state index in [-0.39, 0.29) is 5.82 Å². The lowest BCUT2D eigenvalue weighted by Gasteiger charge is -2.12. The summed E-state index contributed by atoms with van der Waals surface area (Å²) in [6, 6.07) is 7.46. The molecule has 0 spiro atoms. The zero-order valence-electron chi connectivity index (χ0n) is 9.44. The fourth-order valence-corrected chi connectivity index (χ4v) is 2.31. The van der Waals surface area contributed by atoms with Gasteiger partial charge in [-0.05, 0) is 43.1 Å². The first-order valence-electron chi connectivity index (χ1n) is 5.87. The van der Waals surface area contributed by atoms with E-state index in [0.717, 1.165) is 24.9 Å². The Morgan fingerprint density at radius 3 is 3.00 bits per heavy atom. The Labute approximate surface area is 99.3 Å². The highest BCUT2D eigenvalue weighted by Gasteiger charge is 2.17. The number of hydrogen-bond donors (Lipinski definition) is 1. The van der Waals surface area contributed by atoms with Crippen LogP contribution in [0.3, 0.4) is 0 Å². The molecule has 0 saturated carbocycles. The van der Waals surface area contributed by atoms with Crippen molar-refractivity contribution < 1.29 is 4.39 Å². The van der Waals surface area contributed by atoms with Gasteiger partial charge in [-0.25, -0.2) is 9.07 Å². The molecular weight excluding hydrogens is 217 g/mol. The van der Waals surface area contributed by atoms with Crippen LogP contribution in [-0.2, 0) is 0 Å². The first-order valence-corrected chi connectivity index (χ1v) is 5.87. The Bertz CT molecular complexity index is 501. The van der Waals surface area contributed by atoms with Crippen LogP contribution in [0.4, 0.5) is 4.39 Å². The molecule has 0 aliphatic carbocycles. The maximum atomic E-state index is 14.0. The minimum absolute atomic E-state index is 0.222. The van der Waals surface area contributed by atoms with Gasteiger partial charge in [-0.1, -0.05) is 6.07 Å². The van der Waals surface area contributed by atoms with Gasteiger partial charge in [0.1, 0.15) is 11.5 Å². The fraction of sp³-hybridized carbons (Fsp3) is 0.308. The number of halogens is 1. The second-order valence-corrected chi connectivity index (χ2v) is 4.31. The van der Waals surface area contributed by atoms with Gasteiger partial charge in [0.15, 0.2) is 0 Å². The highest BCUT2D eigenvalue weighted by atomic mass is 19.1. The Morgan fingerprint density at radius 2 is 2.35 bits per heavy atom. The predicted octanol–water partition coefficient (Wildman–Crippen LogP) is 2.44. The third-order valence-electron chi connectivity index (χ3n) is 3.19. The highest BCUT2D eigenvalue weighted by Crippen LogP contribution is 2.25. The lowest BCUT2D eigenvalue weighted by Crippen LogP contribution is -2.13. The van der Waals surface area contributed by atoms with E-state index < -0.39 is 0 Å². The maximum Gasteiger partial charge on any atom is 0.149 e. The molecule has 2 aromatic rings. The van der Waals surface area contributed by atoms with E-state index in [9.17, 15) is 4.39 Å². The molecule has 3 rings (SSSR count). The molecule has 1 saturated heterocycles. The van der Waals surface area contributed by atoms with Crippen molar-refractivity contribution >= 4 is 0 Å². The van der Waals surface area contributed by atoms with Crippen molar-refractivity contribution in [3.8, 4) is 5.69 Å². The van der Waals surface area contributed by atoms with Crippen LogP contribution >= 0.6 is 0 Å². The molecular formula is C13H14FN3. The van der Waals surface area contributed by atoms with Crippen LogP contribution in [0.15, 0.2) is 36.7 Å². The topological polar surface area (TPSA) is 29.9 Å². The molecule has 2 heterocycles. The minimum atomic E-state index is -0.222. The lowest BCUT2D eigenvalue weighted by atomic mass is 10.0. The standard InChI is InChI=1S/C13H14FN3/c14-11-9-10(12-3-1-6-15-12)4-5-13(11)17-8-2-7-16-17/h2,4-5,7-9,12,15H,1,3,6H2. The quantitative estimate of drug-likeness (QED) is 0.860. The highest BCUT2D eigenvalue weighted by molar-refractivity contribution is 5.37. The van der Waals surface area contributed by atoms with Gasteiger partial charge < -0.3 is 5.32 Å². The summed E-state index contributed by atoms with van der Waals surface area (Å²) >= 11 is 0. The van der Waals surface area contributed by atoms with Crippen LogP contribution in [-0.4, -0.2) is 16.3 Å². The molecule has 88 valence electrons. The summed E-state index contributed by atoms with van der Waals surface area (Å²) in [5.74, 6) is -0.222. The second-order valence-electron chi connectivity index (χ2n) is 4.31. The van der Waals surface area contributed by atoms with Gasteiger partial charge in [-0.3, -0.25) is 0 Å². The van der Waals surface area contributed by atoms with Gasteiger partial charge in [0.25, 0.3) is 0 Å². The Kier molecular flexibility index (Phi) is 2.65. The molecule has 3 nitrogen and oxygen atoms in total. The Morgan fingerprint density at radius 1 is 1.41 bits per heavy atom. The van der Waals surface area contributed by atoms with Gasteiger partial charge >= 0.3 is 0 Å².